The Bertz CT molecular complexity index is 598. The molecule has 0 fully saturated rings. The van der Waals surface area contributed by atoms with Gasteiger partial charge in [-0.2, -0.15) is 5.26 Å². The smallest absolute Gasteiger partial charge is 0.352 e. The predicted octanol–water partition coefficient (Wildman–Crippen LogP) is 0.788. The van der Waals surface area contributed by atoms with Crippen molar-refractivity contribution in [3.05, 3.63) is 18.0 Å². The first-order valence-corrected chi connectivity index (χ1v) is 7.20. The molecule has 0 aliphatic rings. The zero-order valence-corrected chi connectivity index (χ0v) is 11.3. The van der Waals surface area contributed by atoms with Gasteiger partial charge in [0.2, 0.25) is 10.0 Å². The molecule has 0 bridgehead atoms. The highest BCUT2D eigenvalue weighted by molar-refractivity contribution is 7.89. The summed E-state index contributed by atoms with van der Waals surface area (Å²) in [5.41, 5.74) is -0.0671. The molecule has 0 aliphatic heterocycles. The Morgan fingerprint density at radius 2 is 2.26 bits per heavy atom. The second-order valence-electron chi connectivity index (χ2n) is 3.87. The number of carboxylic acids is 1. The summed E-state index contributed by atoms with van der Waals surface area (Å²) in [5.74, 6) is -1.17. The van der Waals surface area contributed by atoms with Gasteiger partial charge in [0, 0.05) is 25.7 Å². The average Bonchev–Trinajstić information content (AvgIpc) is 2.74. The minimum atomic E-state index is -3.77. The van der Waals surface area contributed by atoms with Crippen molar-refractivity contribution in [3.8, 4) is 6.07 Å². The van der Waals surface area contributed by atoms with Crippen LogP contribution in [-0.4, -0.2) is 30.6 Å². The summed E-state index contributed by atoms with van der Waals surface area (Å²) in [7, 11) is -3.77. The van der Waals surface area contributed by atoms with Crippen LogP contribution in [0.3, 0.4) is 0 Å². The summed E-state index contributed by atoms with van der Waals surface area (Å²) < 4.78 is 27.4. The number of rotatable bonds is 7. The number of aromatic nitrogens is 1. The van der Waals surface area contributed by atoms with Gasteiger partial charge in [0.15, 0.2) is 0 Å². The van der Waals surface area contributed by atoms with Gasteiger partial charge in [0.05, 0.1) is 6.07 Å². The van der Waals surface area contributed by atoms with Crippen molar-refractivity contribution in [2.24, 2.45) is 0 Å². The molecule has 7 nitrogen and oxygen atoms in total. The van der Waals surface area contributed by atoms with E-state index in [2.05, 4.69) is 4.72 Å². The molecule has 0 spiro atoms. The van der Waals surface area contributed by atoms with Crippen LogP contribution < -0.4 is 4.72 Å². The van der Waals surface area contributed by atoms with Crippen LogP contribution in [0.4, 0.5) is 0 Å². The first-order chi connectivity index (χ1) is 8.92. The van der Waals surface area contributed by atoms with E-state index in [-0.39, 0.29) is 23.6 Å². The number of aromatic carboxylic acids is 1. The lowest BCUT2D eigenvalue weighted by Gasteiger charge is -2.03. The first-order valence-electron chi connectivity index (χ1n) is 5.72. The van der Waals surface area contributed by atoms with E-state index in [4.69, 9.17) is 10.4 Å². The molecule has 0 atom stereocenters. The van der Waals surface area contributed by atoms with Crippen LogP contribution in [0.5, 0.6) is 0 Å². The van der Waals surface area contributed by atoms with Crippen molar-refractivity contribution < 1.29 is 18.3 Å². The number of hydrogen-bond donors (Lipinski definition) is 2. The maximum absolute atomic E-state index is 11.9. The van der Waals surface area contributed by atoms with Gasteiger partial charge in [-0.1, -0.05) is 6.92 Å². The van der Waals surface area contributed by atoms with E-state index >= 15 is 0 Å². The highest BCUT2D eigenvalue weighted by Gasteiger charge is 2.20. The monoisotopic (exact) mass is 285 g/mol. The highest BCUT2D eigenvalue weighted by atomic mass is 32.2. The molecule has 0 aromatic carbocycles. The lowest BCUT2D eigenvalue weighted by Crippen LogP contribution is -2.24. The standard InChI is InChI=1S/C11H15N3O4S/c1-2-6-14-8-9(7-10(14)11(15)16)19(17,18)13-5-3-4-12/h7-8,13H,2-3,5-6H2,1H3,(H,15,16). The SMILES string of the molecule is CCCn1cc(S(=O)(=O)NCCC#N)cc1C(=O)O. The van der Waals surface area contributed by atoms with E-state index in [0.29, 0.717) is 13.0 Å². The number of carboxylic acid groups (broad SMARTS) is 1. The van der Waals surface area contributed by atoms with Gasteiger partial charge in [-0.15, -0.1) is 0 Å². The molecular weight excluding hydrogens is 270 g/mol. The maximum atomic E-state index is 11.9. The van der Waals surface area contributed by atoms with Crippen LogP contribution in [0.1, 0.15) is 30.3 Å². The molecule has 2 N–H and O–H groups in total. The molecule has 8 heteroatoms. The molecule has 0 aliphatic carbocycles. The third-order valence-corrected chi connectivity index (χ3v) is 3.82. The number of nitriles is 1. The van der Waals surface area contributed by atoms with Gasteiger partial charge >= 0.3 is 5.97 Å². The van der Waals surface area contributed by atoms with Crippen molar-refractivity contribution in [2.45, 2.75) is 31.2 Å². The van der Waals surface area contributed by atoms with Gasteiger partial charge in [0.25, 0.3) is 0 Å². The summed E-state index contributed by atoms with van der Waals surface area (Å²) in [6.07, 6.45) is 2.04. The minimum absolute atomic E-state index is 0.000194. The lowest BCUT2D eigenvalue weighted by molar-refractivity contribution is 0.0685. The van der Waals surface area contributed by atoms with Gasteiger partial charge in [-0.3, -0.25) is 0 Å². The summed E-state index contributed by atoms with van der Waals surface area (Å²) in [5, 5.41) is 17.4. The Morgan fingerprint density at radius 3 is 2.79 bits per heavy atom. The Hall–Kier alpha value is -1.85. The third kappa shape index (κ3) is 3.81. The fourth-order valence-corrected chi connectivity index (χ4v) is 2.63. The number of sulfonamides is 1. The molecule has 19 heavy (non-hydrogen) atoms. The Kier molecular flexibility index (Phi) is 5.09. The number of nitrogens with one attached hydrogen (secondary N) is 1. The van der Waals surface area contributed by atoms with Crippen LogP contribution in [0.15, 0.2) is 17.2 Å². The molecule has 0 unspecified atom stereocenters. The van der Waals surface area contributed by atoms with Crippen LogP contribution in [0, 0.1) is 11.3 Å². The van der Waals surface area contributed by atoms with Crippen molar-refractivity contribution >= 4 is 16.0 Å². The molecule has 1 rings (SSSR count). The number of carbonyl (C=O) groups is 1. The number of hydrogen-bond acceptors (Lipinski definition) is 4. The van der Waals surface area contributed by atoms with E-state index in [1.165, 1.54) is 10.8 Å². The van der Waals surface area contributed by atoms with Gasteiger partial charge in [0.1, 0.15) is 10.6 Å². The molecule has 0 saturated heterocycles. The maximum Gasteiger partial charge on any atom is 0.352 e. The van der Waals surface area contributed by atoms with Crippen LogP contribution in [0.2, 0.25) is 0 Å². The summed E-state index contributed by atoms with van der Waals surface area (Å²) >= 11 is 0. The molecule has 1 aromatic rings. The van der Waals surface area contributed by atoms with Crippen molar-refractivity contribution in [1.82, 2.24) is 9.29 Å². The predicted molar refractivity (Wildman–Crippen MR) is 67.1 cm³/mol. The van der Waals surface area contributed by atoms with Gasteiger partial charge in [-0.05, 0) is 12.5 Å². The van der Waals surface area contributed by atoms with Crippen molar-refractivity contribution in [1.29, 1.82) is 5.26 Å². The van der Waals surface area contributed by atoms with E-state index in [0.717, 1.165) is 6.07 Å². The molecule has 0 amide bonds. The highest BCUT2D eigenvalue weighted by Crippen LogP contribution is 2.15. The molecular formula is C11H15N3O4S. The Morgan fingerprint density at radius 1 is 1.58 bits per heavy atom. The molecule has 0 radical (unpaired) electrons. The number of aryl methyl sites for hydroxylation is 1. The van der Waals surface area contributed by atoms with E-state index in [9.17, 15) is 13.2 Å². The van der Waals surface area contributed by atoms with Gasteiger partial charge < -0.3 is 9.67 Å². The van der Waals surface area contributed by atoms with Crippen molar-refractivity contribution in [3.63, 3.8) is 0 Å². The molecule has 1 aromatic heterocycles. The van der Waals surface area contributed by atoms with Gasteiger partial charge in [-0.25, -0.2) is 17.9 Å². The largest absolute Gasteiger partial charge is 0.477 e. The normalized spacial score (nSPS) is 11.2. The fraction of sp³-hybridized carbons (Fsp3) is 0.455. The lowest BCUT2D eigenvalue weighted by atomic mass is 10.4. The second-order valence-corrected chi connectivity index (χ2v) is 5.63. The average molecular weight is 285 g/mol. The van der Waals surface area contributed by atoms with E-state index in [1.807, 2.05) is 13.0 Å². The van der Waals surface area contributed by atoms with Crippen LogP contribution >= 0.6 is 0 Å². The summed E-state index contributed by atoms with van der Waals surface area (Å²) in [4.78, 5) is 10.9. The first kappa shape index (κ1) is 15.2. The Balaban J connectivity index is 3.04. The molecule has 0 saturated carbocycles. The topological polar surface area (TPSA) is 112 Å². The molecule has 104 valence electrons. The van der Waals surface area contributed by atoms with E-state index in [1.54, 1.807) is 0 Å². The van der Waals surface area contributed by atoms with Crippen LogP contribution in [0.25, 0.3) is 0 Å². The third-order valence-electron chi connectivity index (χ3n) is 2.39. The zero-order chi connectivity index (χ0) is 14.5. The molecule has 1 heterocycles. The zero-order valence-electron chi connectivity index (χ0n) is 10.5. The summed E-state index contributed by atoms with van der Waals surface area (Å²) in [6, 6.07) is 2.94. The van der Waals surface area contributed by atoms with E-state index < -0.39 is 16.0 Å². The van der Waals surface area contributed by atoms with Crippen molar-refractivity contribution in [2.75, 3.05) is 6.54 Å². The van der Waals surface area contributed by atoms with Crippen LogP contribution in [-0.2, 0) is 16.6 Å². The second kappa shape index (κ2) is 6.36. The Labute approximate surface area is 111 Å². The summed E-state index contributed by atoms with van der Waals surface area (Å²) in [6.45, 7) is 2.29. The quantitative estimate of drug-likeness (QED) is 0.719. The minimum Gasteiger partial charge on any atom is -0.477 e. The number of nitrogens with zero attached hydrogens (tertiary/aromatic N) is 2. The fourth-order valence-electron chi connectivity index (χ4n) is 1.56.